The van der Waals surface area contributed by atoms with Gasteiger partial charge in [-0.15, -0.1) is 0 Å². The summed E-state index contributed by atoms with van der Waals surface area (Å²) in [6, 6.07) is 0. The van der Waals surface area contributed by atoms with Crippen molar-refractivity contribution in [2.24, 2.45) is 23.7 Å². The zero-order valence-corrected chi connectivity index (χ0v) is 11.2. The first-order valence-electron chi connectivity index (χ1n) is 6.36. The maximum atomic E-state index is 12.1. The minimum Gasteiger partial charge on any atom is -0.356 e. The predicted molar refractivity (Wildman–Crippen MR) is 68.0 cm³/mol. The van der Waals surface area contributed by atoms with Gasteiger partial charge in [0.1, 0.15) is 0 Å². The number of amides is 1. The Bertz CT molecular complexity index is 280. The molecule has 2 heteroatoms. The highest BCUT2D eigenvalue weighted by Crippen LogP contribution is 2.33. The van der Waals surface area contributed by atoms with Crippen LogP contribution in [0.4, 0.5) is 0 Å². The first kappa shape index (κ1) is 13.3. The zero-order chi connectivity index (χ0) is 12.3. The van der Waals surface area contributed by atoms with Gasteiger partial charge in [-0.25, -0.2) is 0 Å². The molecule has 0 radical (unpaired) electrons. The standard InChI is InChI=1S/C14H25NO/c1-9(2)8-15-14(16)13-7-10(3)6-11(4)12(13)5/h6,9,11-13H,7-8H2,1-5H3,(H,15,16). The van der Waals surface area contributed by atoms with Crippen LogP contribution >= 0.6 is 0 Å². The quantitative estimate of drug-likeness (QED) is 0.732. The van der Waals surface area contributed by atoms with Gasteiger partial charge in [0.25, 0.3) is 0 Å². The lowest BCUT2D eigenvalue weighted by Crippen LogP contribution is -2.39. The molecular weight excluding hydrogens is 198 g/mol. The van der Waals surface area contributed by atoms with Crippen LogP contribution in [0.3, 0.4) is 0 Å². The van der Waals surface area contributed by atoms with E-state index in [0.717, 1.165) is 13.0 Å². The summed E-state index contributed by atoms with van der Waals surface area (Å²) in [5.74, 6) is 1.90. The molecule has 92 valence electrons. The smallest absolute Gasteiger partial charge is 0.223 e. The second-order valence-electron chi connectivity index (χ2n) is 5.68. The summed E-state index contributed by atoms with van der Waals surface area (Å²) in [5.41, 5.74) is 1.36. The molecule has 0 saturated heterocycles. The number of carbonyl (C=O) groups excluding carboxylic acids is 1. The highest BCUT2D eigenvalue weighted by atomic mass is 16.1. The average molecular weight is 223 g/mol. The molecule has 0 heterocycles. The first-order chi connectivity index (χ1) is 7.41. The molecule has 0 saturated carbocycles. The molecule has 2 nitrogen and oxygen atoms in total. The molecule has 0 aromatic carbocycles. The molecule has 1 amide bonds. The van der Waals surface area contributed by atoms with E-state index in [1.165, 1.54) is 5.57 Å². The third kappa shape index (κ3) is 3.36. The summed E-state index contributed by atoms with van der Waals surface area (Å²) in [6.45, 7) is 11.6. The van der Waals surface area contributed by atoms with Crippen LogP contribution in [0.25, 0.3) is 0 Å². The van der Waals surface area contributed by atoms with E-state index >= 15 is 0 Å². The van der Waals surface area contributed by atoms with Gasteiger partial charge in [0, 0.05) is 12.5 Å². The van der Waals surface area contributed by atoms with Gasteiger partial charge in [-0.2, -0.15) is 0 Å². The lowest BCUT2D eigenvalue weighted by Gasteiger charge is -2.31. The number of hydrogen-bond donors (Lipinski definition) is 1. The van der Waals surface area contributed by atoms with Crippen molar-refractivity contribution in [3.05, 3.63) is 11.6 Å². The van der Waals surface area contributed by atoms with E-state index < -0.39 is 0 Å². The van der Waals surface area contributed by atoms with E-state index in [4.69, 9.17) is 0 Å². The molecular formula is C14H25NO. The molecule has 1 N–H and O–H groups in total. The Morgan fingerprint density at radius 2 is 2.12 bits per heavy atom. The number of nitrogens with one attached hydrogen (secondary N) is 1. The fourth-order valence-corrected chi connectivity index (χ4v) is 2.34. The summed E-state index contributed by atoms with van der Waals surface area (Å²) in [5, 5.41) is 3.06. The van der Waals surface area contributed by atoms with Crippen molar-refractivity contribution in [2.75, 3.05) is 6.54 Å². The minimum atomic E-state index is 0.166. The SMILES string of the molecule is CC1=CC(C)C(C)C(C(=O)NCC(C)C)C1. The molecule has 1 aliphatic carbocycles. The van der Waals surface area contributed by atoms with Crippen LogP contribution in [0, 0.1) is 23.7 Å². The van der Waals surface area contributed by atoms with Gasteiger partial charge in [-0.3, -0.25) is 4.79 Å². The number of allylic oxidation sites excluding steroid dienone is 2. The topological polar surface area (TPSA) is 29.1 Å². The highest BCUT2D eigenvalue weighted by Gasteiger charge is 2.31. The third-order valence-corrected chi connectivity index (χ3v) is 3.57. The molecule has 1 aliphatic rings. The average Bonchev–Trinajstić information content (AvgIpc) is 2.19. The van der Waals surface area contributed by atoms with Crippen molar-refractivity contribution >= 4 is 5.91 Å². The molecule has 0 fully saturated rings. The van der Waals surface area contributed by atoms with Gasteiger partial charge in [0.15, 0.2) is 0 Å². The Morgan fingerprint density at radius 3 is 2.69 bits per heavy atom. The number of hydrogen-bond acceptors (Lipinski definition) is 1. The number of rotatable bonds is 3. The molecule has 0 spiro atoms. The Labute approximate surface area is 99.5 Å². The molecule has 3 atom stereocenters. The van der Waals surface area contributed by atoms with E-state index in [1.54, 1.807) is 0 Å². The van der Waals surface area contributed by atoms with E-state index in [9.17, 15) is 4.79 Å². The molecule has 1 rings (SSSR count). The maximum absolute atomic E-state index is 12.1. The molecule has 0 aliphatic heterocycles. The van der Waals surface area contributed by atoms with Crippen LogP contribution in [-0.4, -0.2) is 12.5 Å². The summed E-state index contributed by atoms with van der Waals surface area (Å²) >= 11 is 0. The number of carbonyl (C=O) groups is 1. The van der Waals surface area contributed by atoms with Crippen LogP contribution in [-0.2, 0) is 4.79 Å². The van der Waals surface area contributed by atoms with Crippen LogP contribution in [0.15, 0.2) is 11.6 Å². The minimum absolute atomic E-state index is 0.166. The predicted octanol–water partition coefficient (Wildman–Crippen LogP) is 3.00. The monoisotopic (exact) mass is 223 g/mol. The van der Waals surface area contributed by atoms with Crippen molar-refractivity contribution < 1.29 is 4.79 Å². The second-order valence-corrected chi connectivity index (χ2v) is 5.68. The van der Waals surface area contributed by atoms with E-state index in [0.29, 0.717) is 17.8 Å². The van der Waals surface area contributed by atoms with Crippen LogP contribution < -0.4 is 5.32 Å². The Morgan fingerprint density at radius 1 is 1.50 bits per heavy atom. The van der Waals surface area contributed by atoms with Crippen molar-refractivity contribution in [3.8, 4) is 0 Å². The van der Waals surface area contributed by atoms with Crippen LogP contribution in [0.5, 0.6) is 0 Å². The van der Waals surface area contributed by atoms with Gasteiger partial charge in [-0.05, 0) is 31.1 Å². The van der Waals surface area contributed by atoms with Gasteiger partial charge >= 0.3 is 0 Å². The molecule has 0 aromatic heterocycles. The van der Waals surface area contributed by atoms with E-state index in [2.05, 4.69) is 46.0 Å². The van der Waals surface area contributed by atoms with Gasteiger partial charge in [0.05, 0.1) is 0 Å². The lowest BCUT2D eigenvalue weighted by molar-refractivity contribution is -0.127. The van der Waals surface area contributed by atoms with Gasteiger partial charge < -0.3 is 5.32 Å². The summed E-state index contributed by atoms with van der Waals surface area (Å²) in [6.07, 6.45) is 3.23. The van der Waals surface area contributed by atoms with E-state index in [1.807, 2.05) is 0 Å². The molecule has 0 aromatic rings. The van der Waals surface area contributed by atoms with Crippen molar-refractivity contribution in [3.63, 3.8) is 0 Å². The summed E-state index contributed by atoms with van der Waals surface area (Å²) in [7, 11) is 0. The maximum Gasteiger partial charge on any atom is 0.223 e. The van der Waals surface area contributed by atoms with Crippen molar-refractivity contribution in [1.82, 2.24) is 5.32 Å². The third-order valence-electron chi connectivity index (χ3n) is 3.57. The van der Waals surface area contributed by atoms with Crippen molar-refractivity contribution in [1.29, 1.82) is 0 Å². The highest BCUT2D eigenvalue weighted by molar-refractivity contribution is 5.79. The normalized spacial score (nSPS) is 30.1. The van der Waals surface area contributed by atoms with E-state index in [-0.39, 0.29) is 11.8 Å². The molecule has 3 unspecified atom stereocenters. The Kier molecular flexibility index (Phi) is 4.57. The molecule has 16 heavy (non-hydrogen) atoms. The van der Waals surface area contributed by atoms with Gasteiger partial charge in [-0.1, -0.05) is 39.3 Å². The Hall–Kier alpha value is -0.790. The van der Waals surface area contributed by atoms with Crippen molar-refractivity contribution in [2.45, 2.75) is 41.0 Å². The van der Waals surface area contributed by atoms with Crippen LogP contribution in [0.2, 0.25) is 0 Å². The van der Waals surface area contributed by atoms with Gasteiger partial charge in [0.2, 0.25) is 5.91 Å². The Balaban J connectivity index is 2.59. The largest absolute Gasteiger partial charge is 0.356 e. The summed E-state index contributed by atoms with van der Waals surface area (Å²) in [4.78, 5) is 12.1. The van der Waals surface area contributed by atoms with Crippen LogP contribution in [0.1, 0.15) is 41.0 Å². The fraction of sp³-hybridized carbons (Fsp3) is 0.786. The second kappa shape index (κ2) is 5.51. The first-order valence-corrected chi connectivity index (χ1v) is 6.36. The lowest BCUT2D eigenvalue weighted by atomic mass is 9.75. The zero-order valence-electron chi connectivity index (χ0n) is 11.2. The fourth-order valence-electron chi connectivity index (χ4n) is 2.34. The molecule has 0 bridgehead atoms. The summed E-state index contributed by atoms with van der Waals surface area (Å²) < 4.78 is 0.